The fourth-order valence-corrected chi connectivity index (χ4v) is 1.36. The predicted molar refractivity (Wildman–Crippen MR) is 38.1 cm³/mol. The van der Waals surface area contributed by atoms with Crippen LogP contribution in [0.25, 0.3) is 0 Å². The average molecular weight is 249 g/mol. The molecule has 15 heavy (non-hydrogen) atoms. The van der Waals surface area contributed by atoms with Gasteiger partial charge in [0.1, 0.15) is 0 Å². The van der Waals surface area contributed by atoms with Gasteiger partial charge >= 0.3 is 15.6 Å². The number of hydrogen-bond acceptors (Lipinski definition) is 5. The second kappa shape index (κ2) is 3.61. The lowest BCUT2D eigenvalue weighted by Gasteiger charge is -2.19. The standard InChI is InChI=1S/C5H6F3NO5S/c6-5(7,8)15(12,13)14-9-3(10)1-2-4(9)11/h3,10H,1-2H2. The number of aliphatic hydroxyl groups is 1. The predicted octanol–water partition coefficient (Wildman–Crippen LogP) is -0.292. The molecule has 0 aromatic carbocycles. The molecule has 1 rings (SSSR count). The highest BCUT2D eigenvalue weighted by molar-refractivity contribution is 7.87. The van der Waals surface area contributed by atoms with Crippen LogP contribution in [0.5, 0.6) is 0 Å². The van der Waals surface area contributed by atoms with E-state index in [9.17, 15) is 26.4 Å². The summed E-state index contributed by atoms with van der Waals surface area (Å²) in [7, 11) is -5.90. The molecule has 1 atom stereocenters. The van der Waals surface area contributed by atoms with Crippen LogP contribution in [-0.4, -0.2) is 36.2 Å². The fourth-order valence-electron chi connectivity index (χ4n) is 0.885. The Bertz CT molecular complexity index is 363. The molecule has 1 aliphatic rings. The zero-order valence-electron chi connectivity index (χ0n) is 7.06. The molecule has 0 spiro atoms. The van der Waals surface area contributed by atoms with Crippen molar-refractivity contribution in [3.05, 3.63) is 0 Å². The first-order valence-electron chi connectivity index (χ1n) is 3.66. The average Bonchev–Trinajstić information content (AvgIpc) is 2.33. The molecule has 6 nitrogen and oxygen atoms in total. The van der Waals surface area contributed by atoms with Gasteiger partial charge in [0.15, 0.2) is 6.23 Å². The lowest BCUT2D eigenvalue weighted by atomic mass is 10.4. The lowest BCUT2D eigenvalue weighted by molar-refractivity contribution is -0.180. The van der Waals surface area contributed by atoms with Gasteiger partial charge in [-0.3, -0.25) is 4.79 Å². The highest BCUT2D eigenvalue weighted by Gasteiger charge is 2.51. The molecule has 0 aromatic heterocycles. The summed E-state index contributed by atoms with van der Waals surface area (Å²) in [5.41, 5.74) is -5.63. The van der Waals surface area contributed by atoms with Crippen molar-refractivity contribution >= 4 is 16.0 Å². The summed E-state index contributed by atoms with van der Waals surface area (Å²) in [6.45, 7) is 0. The van der Waals surface area contributed by atoms with Gasteiger partial charge in [-0.1, -0.05) is 0 Å². The molecule has 1 amide bonds. The summed E-state index contributed by atoms with van der Waals surface area (Å²) in [6, 6.07) is 0. The minimum atomic E-state index is -5.90. The minimum absolute atomic E-state index is 0.174. The van der Waals surface area contributed by atoms with E-state index in [4.69, 9.17) is 5.11 Å². The van der Waals surface area contributed by atoms with Gasteiger partial charge in [0, 0.05) is 12.8 Å². The van der Waals surface area contributed by atoms with Crippen LogP contribution in [0.3, 0.4) is 0 Å². The van der Waals surface area contributed by atoms with Crippen molar-refractivity contribution in [1.29, 1.82) is 0 Å². The number of amides is 1. The van der Waals surface area contributed by atoms with Crippen LogP contribution in [0.2, 0.25) is 0 Å². The molecule has 88 valence electrons. The van der Waals surface area contributed by atoms with Crippen molar-refractivity contribution in [2.24, 2.45) is 0 Å². The Morgan fingerprint density at radius 1 is 1.47 bits per heavy atom. The Hall–Kier alpha value is -0.870. The van der Waals surface area contributed by atoms with Crippen molar-refractivity contribution in [3.8, 4) is 0 Å². The molecule has 0 bridgehead atoms. The monoisotopic (exact) mass is 249 g/mol. The third-order valence-electron chi connectivity index (χ3n) is 1.59. The van der Waals surface area contributed by atoms with E-state index < -0.39 is 27.8 Å². The minimum Gasteiger partial charge on any atom is -0.371 e. The lowest BCUT2D eigenvalue weighted by Crippen LogP contribution is -2.39. The third kappa shape index (κ3) is 2.38. The number of halogens is 3. The Balaban J connectivity index is 2.83. The van der Waals surface area contributed by atoms with Crippen molar-refractivity contribution in [3.63, 3.8) is 0 Å². The van der Waals surface area contributed by atoms with Gasteiger partial charge in [-0.05, 0) is 0 Å². The quantitative estimate of drug-likeness (QED) is 0.680. The maximum Gasteiger partial charge on any atom is 0.525 e. The number of carbonyl (C=O) groups excluding carboxylic acids is 1. The second-order valence-corrected chi connectivity index (χ2v) is 4.23. The second-order valence-electron chi connectivity index (χ2n) is 2.71. The van der Waals surface area contributed by atoms with Crippen LogP contribution in [0.15, 0.2) is 0 Å². The molecule has 0 aromatic rings. The number of hydroxylamine groups is 2. The maximum absolute atomic E-state index is 11.8. The molecule has 1 N–H and O–H groups in total. The number of aliphatic hydroxyl groups excluding tert-OH is 1. The number of alkyl halides is 3. The SMILES string of the molecule is O=C1CCC(O)N1OS(=O)(=O)C(F)(F)F. The van der Waals surface area contributed by atoms with E-state index in [0.717, 1.165) is 0 Å². The molecule has 1 unspecified atom stereocenters. The van der Waals surface area contributed by atoms with Crippen LogP contribution in [0, 0.1) is 0 Å². The molecule has 1 saturated heterocycles. The van der Waals surface area contributed by atoms with Crippen molar-refractivity contribution < 1.29 is 35.8 Å². The summed E-state index contributed by atoms with van der Waals surface area (Å²) in [5.74, 6) is -1.02. The van der Waals surface area contributed by atoms with Gasteiger partial charge in [-0.2, -0.15) is 26.7 Å². The van der Waals surface area contributed by atoms with Gasteiger partial charge in [0.05, 0.1) is 0 Å². The topological polar surface area (TPSA) is 83.9 Å². The van der Waals surface area contributed by atoms with Crippen molar-refractivity contribution in [2.75, 3.05) is 0 Å². The smallest absolute Gasteiger partial charge is 0.371 e. The third-order valence-corrected chi connectivity index (χ3v) is 2.52. The highest BCUT2D eigenvalue weighted by Crippen LogP contribution is 2.28. The summed E-state index contributed by atoms with van der Waals surface area (Å²) in [5, 5.41) is 8.75. The molecule has 1 heterocycles. The molecule has 10 heteroatoms. The van der Waals surface area contributed by atoms with Crippen LogP contribution < -0.4 is 0 Å². The molecule has 0 saturated carbocycles. The first kappa shape index (κ1) is 12.2. The van der Waals surface area contributed by atoms with E-state index in [0.29, 0.717) is 0 Å². The van der Waals surface area contributed by atoms with E-state index in [1.165, 1.54) is 0 Å². The van der Waals surface area contributed by atoms with Crippen LogP contribution in [-0.2, 0) is 19.2 Å². The van der Waals surface area contributed by atoms with Gasteiger partial charge in [-0.15, -0.1) is 4.28 Å². The Labute approximate surface area is 82.3 Å². The van der Waals surface area contributed by atoms with Crippen LogP contribution in [0.4, 0.5) is 13.2 Å². The number of rotatable bonds is 2. The van der Waals surface area contributed by atoms with Gasteiger partial charge in [-0.25, -0.2) is 0 Å². The largest absolute Gasteiger partial charge is 0.525 e. The maximum atomic E-state index is 11.8. The van der Waals surface area contributed by atoms with Crippen molar-refractivity contribution in [1.82, 2.24) is 5.06 Å². The Morgan fingerprint density at radius 3 is 2.33 bits per heavy atom. The van der Waals surface area contributed by atoms with Gasteiger partial charge < -0.3 is 5.11 Å². The molecule has 1 fully saturated rings. The summed E-state index contributed by atoms with van der Waals surface area (Å²) < 4.78 is 59.8. The number of hydrogen-bond donors (Lipinski definition) is 1. The molecule has 1 aliphatic heterocycles. The van der Waals surface area contributed by atoms with E-state index >= 15 is 0 Å². The summed E-state index contributed by atoms with van der Waals surface area (Å²) in [4.78, 5) is 10.8. The zero-order valence-corrected chi connectivity index (χ0v) is 7.88. The first-order valence-corrected chi connectivity index (χ1v) is 5.07. The van der Waals surface area contributed by atoms with Crippen LogP contribution in [0.1, 0.15) is 12.8 Å². The molecular formula is C5H6F3NO5S. The molecule has 0 aliphatic carbocycles. The number of carbonyl (C=O) groups is 1. The van der Waals surface area contributed by atoms with Crippen LogP contribution >= 0.6 is 0 Å². The van der Waals surface area contributed by atoms with Gasteiger partial charge in [0.25, 0.3) is 0 Å². The summed E-state index contributed by atoms with van der Waals surface area (Å²) in [6.07, 6.45) is -2.12. The Kier molecular flexibility index (Phi) is 2.94. The molecule has 0 radical (unpaired) electrons. The van der Waals surface area contributed by atoms with Crippen molar-refractivity contribution in [2.45, 2.75) is 24.6 Å². The van der Waals surface area contributed by atoms with E-state index in [1.54, 1.807) is 0 Å². The zero-order chi connectivity index (χ0) is 11.9. The Morgan fingerprint density at radius 2 is 2.00 bits per heavy atom. The van der Waals surface area contributed by atoms with E-state index in [-0.39, 0.29) is 17.9 Å². The summed E-state index contributed by atoms with van der Waals surface area (Å²) >= 11 is 0. The van der Waals surface area contributed by atoms with E-state index in [1.807, 2.05) is 0 Å². The van der Waals surface area contributed by atoms with Gasteiger partial charge in [0.2, 0.25) is 5.91 Å². The number of nitrogens with zero attached hydrogens (tertiary/aromatic N) is 1. The first-order chi connectivity index (χ1) is 6.65. The highest BCUT2D eigenvalue weighted by atomic mass is 32.2. The van der Waals surface area contributed by atoms with E-state index in [2.05, 4.69) is 4.28 Å². The molecular weight excluding hydrogens is 243 g/mol. The normalized spacial score (nSPS) is 23.6. The fraction of sp³-hybridized carbons (Fsp3) is 0.800.